The number of aryl methyl sites for hydroxylation is 1. The minimum atomic E-state index is -0.587. The molecule has 2 aliphatic heterocycles. The van der Waals surface area contributed by atoms with Gasteiger partial charge < -0.3 is 5.32 Å². The molecule has 8 heteroatoms. The first-order valence-corrected chi connectivity index (χ1v) is 12.6. The fraction of sp³-hybridized carbons (Fsp3) is 0.185. The van der Waals surface area contributed by atoms with E-state index in [9.17, 15) is 9.59 Å². The molecule has 0 aromatic heterocycles. The molecule has 6 nitrogen and oxygen atoms in total. The zero-order chi connectivity index (χ0) is 24.4. The van der Waals surface area contributed by atoms with Crippen molar-refractivity contribution in [3.05, 3.63) is 101 Å². The molecule has 0 unspecified atom stereocenters. The number of nitrogens with one attached hydrogen (secondary N) is 1. The Morgan fingerprint density at radius 3 is 2.51 bits per heavy atom. The molecule has 2 heterocycles. The van der Waals surface area contributed by atoms with Crippen molar-refractivity contribution >= 4 is 51.7 Å². The highest BCUT2D eigenvalue weighted by atomic mass is 35.5. The van der Waals surface area contributed by atoms with Gasteiger partial charge in [-0.2, -0.15) is 10.1 Å². The van der Waals surface area contributed by atoms with E-state index < -0.39 is 5.25 Å². The number of rotatable bonds is 5. The van der Waals surface area contributed by atoms with Crippen LogP contribution < -0.4 is 5.32 Å². The molecule has 0 saturated carbocycles. The Labute approximate surface area is 213 Å². The van der Waals surface area contributed by atoms with E-state index >= 15 is 0 Å². The lowest BCUT2D eigenvalue weighted by Gasteiger charge is -2.23. The van der Waals surface area contributed by atoms with E-state index in [0.29, 0.717) is 16.6 Å². The van der Waals surface area contributed by atoms with Crippen LogP contribution in [0.5, 0.6) is 0 Å². The van der Waals surface area contributed by atoms with Crippen LogP contribution in [0.2, 0.25) is 5.02 Å². The average Bonchev–Trinajstić information content (AvgIpc) is 3.46. The van der Waals surface area contributed by atoms with E-state index in [1.54, 1.807) is 0 Å². The summed E-state index contributed by atoms with van der Waals surface area (Å²) in [6.45, 7) is 1.93. The number of amidine groups is 1. The number of amides is 2. The second-order valence-electron chi connectivity index (χ2n) is 8.44. The average molecular weight is 503 g/mol. The molecule has 0 fully saturated rings. The normalized spacial score (nSPS) is 19.5. The minimum Gasteiger partial charge on any atom is -0.326 e. The van der Waals surface area contributed by atoms with Crippen molar-refractivity contribution in [3.63, 3.8) is 0 Å². The van der Waals surface area contributed by atoms with Crippen LogP contribution in [0.3, 0.4) is 0 Å². The number of thioether (sulfide) groups is 1. The van der Waals surface area contributed by atoms with Crippen LogP contribution in [0, 0.1) is 6.92 Å². The Hall–Kier alpha value is -3.42. The largest absolute Gasteiger partial charge is 0.326 e. The molecule has 0 aliphatic carbocycles. The van der Waals surface area contributed by atoms with Gasteiger partial charge in [0.05, 0.1) is 11.8 Å². The van der Waals surface area contributed by atoms with Crippen LogP contribution in [-0.2, 0) is 9.59 Å². The van der Waals surface area contributed by atoms with Gasteiger partial charge in [0.25, 0.3) is 5.91 Å². The molecule has 0 spiro atoms. The van der Waals surface area contributed by atoms with Crippen molar-refractivity contribution in [1.82, 2.24) is 5.01 Å². The second kappa shape index (κ2) is 10.1. The molecule has 1 N–H and O–H groups in total. The smallest absolute Gasteiger partial charge is 0.262 e. The number of anilines is 1. The quantitative estimate of drug-likeness (QED) is 0.476. The predicted octanol–water partition coefficient (Wildman–Crippen LogP) is 5.83. The van der Waals surface area contributed by atoms with Crippen molar-refractivity contribution in [2.45, 2.75) is 31.1 Å². The van der Waals surface area contributed by atoms with Crippen molar-refractivity contribution in [3.8, 4) is 0 Å². The molecule has 3 aromatic rings. The van der Waals surface area contributed by atoms with E-state index in [1.807, 2.05) is 90.8 Å². The lowest BCUT2D eigenvalue weighted by Crippen LogP contribution is -2.25. The number of halogens is 1. The molecule has 0 saturated heterocycles. The van der Waals surface area contributed by atoms with Gasteiger partial charge in [0.15, 0.2) is 5.17 Å². The molecule has 0 radical (unpaired) electrons. The number of hydrogen-bond donors (Lipinski definition) is 1. The van der Waals surface area contributed by atoms with Gasteiger partial charge in [-0.15, -0.1) is 0 Å². The van der Waals surface area contributed by atoms with Gasteiger partial charge in [-0.3, -0.25) is 9.59 Å². The predicted molar refractivity (Wildman–Crippen MR) is 142 cm³/mol. The Morgan fingerprint density at radius 1 is 1.06 bits per heavy atom. The number of carbonyl (C=O) groups is 2. The van der Waals surface area contributed by atoms with Crippen LogP contribution in [0.25, 0.3) is 0 Å². The SMILES string of the molecule is Cc1ccccc1NC(=O)C[C@@H]1SC(N2N=C(c3ccccc3)C[C@@H]2c2ccc(Cl)cc2)=NC1=O. The van der Waals surface area contributed by atoms with Gasteiger partial charge in [0.1, 0.15) is 5.25 Å². The van der Waals surface area contributed by atoms with E-state index in [-0.39, 0.29) is 24.3 Å². The first-order chi connectivity index (χ1) is 17.0. The van der Waals surface area contributed by atoms with Gasteiger partial charge in [0, 0.05) is 23.6 Å². The third-order valence-corrected chi connectivity index (χ3v) is 7.38. The number of aliphatic imine (C=N–C) groups is 1. The van der Waals surface area contributed by atoms with Crippen molar-refractivity contribution in [1.29, 1.82) is 0 Å². The summed E-state index contributed by atoms with van der Waals surface area (Å²) in [6, 6.07) is 25.0. The molecule has 3 aromatic carbocycles. The Balaban J connectivity index is 1.35. The lowest BCUT2D eigenvalue weighted by atomic mass is 9.99. The summed E-state index contributed by atoms with van der Waals surface area (Å²) in [5.74, 6) is -0.533. The van der Waals surface area contributed by atoms with Crippen molar-refractivity contribution < 1.29 is 9.59 Å². The summed E-state index contributed by atoms with van der Waals surface area (Å²) >= 11 is 7.40. The summed E-state index contributed by atoms with van der Waals surface area (Å²) in [7, 11) is 0. The fourth-order valence-corrected chi connectivity index (χ4v) is 5.31. The standard InChI is InChI=1S/C27H23ClN4O2S/c1-17-7-5-6-10-21(17)29-25(33)16-24-26(34)30-27(35-24)32-23(19-11-13-20(28)14-12-19)15-22(31-32)18-8-3-2-4-9-18/h2-14,23-24H,15-16H2,1H3,(H,29,33)/t23-,24+/m1/s1. The second-order valence-corrected chi connectivity index (χ2v) is 10.0. The number of carbonyl (C=O) groups excluding carboxylic acids is 2. The van der Waals surface area contributed by atoms with Gasteiger partial charge in [-0.25, -0.2) is 5.01 Å². The van der Waals surface area contributed by atoms with Gasteiger partial charge in [0.2, 0.25) is 5.91 Å². The zero-order valence-corrected chi connectivity index (χ0v) is 20.6. The first-order valence-electron chi connectivity index (χ1n) is 11.3. The molecule has 2 amide bonds. The summed E-state index contributed by atoms with van der Waals surface area (Å²) in [5, 5.41) is 10.2. The van der Waals surface area contributed by atoms with Gasteiger partial charge >= 0.3 is 0 Å². The maximum atomic E-state index is 12.8. The highest BCUT2D eigenvalue weighted by Gasteiger charge is 2.39. The van der Waals surface area contributed by atoms with Crippen LogP contribution in [0.4, 0.5) is 5.69 Å². The lowest BCUT2D eigenvalue weighted by molar-refractivity contribution is -0.121. The molecule has 0 bridgehead atoms. The summed E-state index contributed by atoms with van der Waals surface area (Å²) in [5.41, 5.74) is 4.68. The van der Waals surface area contributed by atoms with Crippen LogP contribution >= 0.6 is 23.4 Å². The minimum absolute atomic E-state index is 0.0412. The monoisotopic (exact) mass is 502 g/mol. The zero-order valence-electron chi connectivity index (χ0n) is 19.0. The van der Waals surface area contributed by atoms with Crippen LogP contribution in [0.1, 0.15) is 35.6 Å². The summed E-state index contributed by atoms with van der Waals surface area (Å²) in [6.07, 6.45) is 0.706. The molecule has 5 rings (SSSR count). The summed E-state index contributed by atoms with van der Waals surface area (Å²) < 4.78 is 0. The Kier molecular flexibility index (Phi) is 6.70. The number of hydrogen-bond acceptors (Lipinski definition) is 5. The topological polar surface area (TPSA) is 74.1 Å². The fourth-order valence-electron chi connectivity index (χ4n) is 4.12. The molecular weight excluding hydrogens is 480 g/mol. The Morgan fingerprint density at radius 2 is 1.77 bits per heavy atom. The van der Waals surface area contributed by atoms with Gasteiger partial charge in [-0.1, -0.05) is 84.0 Å². The highest BCUT2D eigenvalue weighted by molar-refractivity contribution is 8.15. The molecule has 2 aliphatic rings. The van der Waals surface area contributed by atoms with E-state index in [4.69, 9.17) is 16.7 Å². The third-order valence-electron chi connectivity index (χ3n) is 5.99. The number of para-hydroxylation sites is 1. The number of nitrogens with zero attached hydrogens (tertiary/aromatic N) is 3. The molecule has 2 atom stereocenters. The maximum absolute atomic E-state index is 12.8. The molecule has 176 valence electrons. The van der Waals surface area contributed by atoms with Crippen molar-refractivity contribution in [2.24, 2.45) is 10.1 Å². The maximum Gasteiger partial charge on any atom is 0.262 e. The summed E-state index contributed by atoms with van der Waals surface area (Å²) in [4.78, 5) is 29.7. The number of hydrazone groups is 1. The molecular formula is C27H23ClN4O2S. The van der Waals surface area contributed by atoms with E-state index in [0.717, 1.165) is 28.1 Å². The van der Waals surface area contributed by atoms with Crippen molar-refractivity contribution in [2.75, 3.05) is 5.32 Å². The third kappa shape index (κ3) is 5.16. The van der Waals surface area contributed by atoms with Gasteiger partial charge in [-0.05, 0) is 41.8 Å². The number of benzene rings is 3. The molecule has 35 heavy (non-hydrogen) atoms. The highest BCUT2D eigenvalue weighted by Crippen LogP contribution is 2.38. The van der Waals surface area contributed by atoms with Crippen LogP contribution in [0.15, 0.2) is 89.0 Å². The van der Waals surface area contributed by atoms with E-state index in [1.165, 1.54) is 11.8 Å². The Bertz CT molecular complexity index is 1320. The van der Waals surface area contributed by atoms with Crippen LogP contribution in [-0.4, -0.2) is 33.0 Å². The van der Waals surface area contributed by atoms with E-state index in [2.05, 4.69) is 10.3 Å². The first kappa shape index (κ1) is 23.3.